The highest BCUT2D eigenvalue weighted by Crippen LogP contribution is 2.31. The zero-order valence-electron chi connectivity index (χ0n) is 8.10. The first-order chi connectivity index (χ1) is 7.36. The number of thioether (sulfide) groups is 1. The van der Waals surface area contributed by atoms with Gasteiger partial charge in [0.25, 0.3) is 0 Å². The van der Waals surface area contributed by atoms with Crippen molar-refractivity contribution in [1.82, 2.24) is 9.88 Å². The predicted octanol–water partition coefficient (Wildman–Crippen LogP) is 1.57. The van der Waals surface area contributed by atoms with Crippen LogP contribution in [0, 0.1) is 5.41 Å². The lowest BCUT2D eigenvalue weighted by Gasteiger charge is -2.32. The Kier molecular flexibility index (Phi) is 1.98. The van der Waals surface area contributed by atoms with Crippen LogP contribution in [-0.4, -0.2) is 34.0 Å². The van der Waals surface area contributed by atoms with Gasteiger partial charge < -0.3 is 4.90 Å². The molecular weight excluding hydrogens is 208 g/mol. The van der Waals surface area contributed by atoms with Gasteiger partial charge in [-0.2, -0.15) is 0 Å². The molecule has 0 saturated carbocycles. The van der Waals surface area contributed by atoms with Gasteiger partial charge in [0.1, 0.15) is 5.69 Å². The first kappa shape index (κ1) is 8.91. The van der Waals surface area contributed by atoms with E-state index in [4.69, 9.17) is 5.41 Å². The molecule has 5 heteroatoms. The van der Waals surface area contributed by atoms with Crippen molar-refractivity contribution in [2.24, 2.45) is 4.99 Å². The predicted molar refractivity (Wildman–Crippen MR) is 60.5 cm³/mol. The van der Waals surface area contributed by atoms with Crippen molar-refractivity contribution >= 4 is 22.8 Å². The van der Waals surface area contributed by atoms with Crippen LogP contribution in [0.3, 0.4) is 0 Å². The van der Waals surface area contributed by atoms with Crippen molar-refractivity contribution in [2.45, 2.75) is 11.3 Å². The topological polar surface area (TPSA) is 52.3 Å². The van der Waals surface area contributed by atoms with Crippen molar-refractivity contribution in [3.05, 3.63) is 24.0 Å². The van der Waals surface area contributed by atoms with Gasteiger partial charge in [-0.15, -0.1) is 0 Å². The smallest absolute Gasteiger partial charge is 0.167 e. The van der Waals surface area contributed by atoms with E-state index in [0.717, 1.165) is 35.9 Å². The Bertz CT molecular complexity index is 454. The molecular formula is C10H10N4S. The molecule has 3 heterocycles. The summed E-state index contributed by atoms with van der Waals surface area (Å²) in [6, 6.07) is 3.90. The highest BCUT2D eigenvalue weighted by molar-refractivity contribution is 8.13. The molecule has 2 aliphatic heterocycles. The number of hydrogen-bond donors (Lipinski definition) is 1. The second-order valence-electron chi connectivity index (χ2n) is 3.47. The molecule has 3 rings (SSSR count). The van der Waals surface area contributed by atoms with Crippen LogP contribution in [0.5, 0.6) is 0 Å². The minimum absolute atomic E-state index is 0.564. The monoisotopic (exact) mass is 218 g/mol. The summed E-state index contributed by atoms with van der Waals surface area (Å²) in [5.41, 5.74) is 0.929. The second kappa shape index (κ2) is 3.34. The molecule has 0 fully saturated rings. The zero-order chi connectivity index (χ0) is 10.3. The Morgan fingerprint density at radius 2 is 2.40 bits per heavy atom. The molecule has 0 bridgehead atoms. The molecule has 76 valence electrons. The van der Waals surface area contributed by atoms with Gasteiger partial charge in [-0.25, -0.2) is 0 Å². The van der Waals surface area contributed by atoms with Gasteiger partial charge in [-0.1, -0.05) is 0 Å². The first-order valence-corrected chi connectivity index (χ1v) is 5.72. The Balaban J connectivity index is 2.17. The number of aromatic nitrogens is 1. The molecule has 0 atom stereocenters. The largest absolute Gasteiger partial charge is 0.304 e. The van der Waals surface area contributed by atoms with E-state index in [2.05, 4.69) is 9.98 Å². The summed E-state index contributed by atoms with van der Waals surface area (Å²) in [5.74, 6) is 0.876. The van der Waals surface area contributed by atoms with Crippen LogP contribution in [0.4, 0.5) is 0 Å². The van der Waals surface area contributed by atoms with Gasteiger partial charge in [0.2, 0.25) is 0 Å². The summed E-state index contributed by atoms with van der Waals surface area (Å²) >= 11 is 1.46. The van der Waals surface area contributed by atoms with E-state index in [1.165, 1.54) is 11.8 Å². The standard InChI is InChI=1S/C10H10N4S/c11-10-14-6-2-5-13-9(14)8-7(15-10)3-1-4-12-8/h1,3-4,11H,2,5-6H2. The fourth-order valence-corrected chi connectivity index (χ4v) is 2.69. The van der Waals surface area contributed by atoms with E-state index in [9.17, 15) is 0 Å². The molecule has 0 radical (unpaired) electrons. The maximum atomic E-state index is 7.92. The van der Waals surface area contributed by atoms with E-state index < -0.39 is 0 Å². The van der Waals surface area contributed by atoms with Gasteiger partial charge in [0.05, 0.1) is 0 Å². The average molecular weight is 218 g/mol. The second-order valence-corrected chi connectivity index (χ2v) is 4.50. The molecule has 0 aliphatic carbocycles. The number of rotatable bonds is 0. The van der Waals surface area contributed by atoms with Crippen LogP contribution in [0.25, 0.3) is 0 Å². The number of aliphatic imine (C=N–C) groups is 1. The van der Waals surface area contributed by atoms with E-state index in [-0.39, 0.29) is 0 Å². The maximum Gasteiger partial charge on any atom is 0.167 e. The minimum Gasteiger partial charge on any atom is -0.304 e. The molecule has 1 aromatic rings. The maximum absolute atomic E-state index is 7.92. The van der Waals surface area contributed by atoms with Crippen molar-refractivity contribution < 1.29 is 0 Å². The SMILES string of the molecule is N=C1Sc2cccnc2C2=NCCCN12. The molecule has 2 aliphatic rings. The van der Waals surface area contributed by atoms with Crippen molar-refractivity contribution in [3.8, 4) is 0 Å². The van der Waals surface area contributed by atoms with Crippen LogP contribution in [0.2, 0.25) is 0 Å². The summed E-state index contributed by atoms with van der Waals surface area (Å²) in [4.78, 5) is 11.8. The third kappa shape index (κ3) is 1.34. The van der Waals surface area contributed by atoms with Gasteiger partial charge in [-0.05, 0) is 30.3 Å². The van der Waals surface area contributed by atoms with Crippen LogP contribution < -0.4 is 0 Å². The Labute approximate surface area is 91.9 Å². The summed E-state index contributed by atoms with van der Waals surface area (Å²) < 4.78 is 0. The number of nitrogens with zero attached hydrogens (tertiary/aromatic N) is 3. The highest BCUT2D eigenvalue weighted by atomic mass is 32.2. The molecule has 0 saturated heterocycles. The normalized spacial score (nSPS) is 19.3. The lowest BCUT2D eigenvalue weighted by atomic mass is 10.2. The fourth-order valence-electron chi connectivity index (χ4n) is 1.81. The lowest BCUT2D eigenvalue weighted by Crippen LogP contribution is -2.42. The molecule has 0 unspecified atom stereocenters. The third-order valence-electron chi connectivity index (χ3n) is 2.49. The minimum atomic E-state index is 0.564. The third-order valence-corrected chi connectivity index (χ3v) is 3.45. The lowest BCUT2D eigenvalue weighted by molar-refractivity contribution is 0.549. The summed E-state index contributed by atoms with van der Waals surface area (Å²) in [5, 5.41) is 8.49. The van der Waals surface area contributed by atoms with Gasteiger partial charge in [-0.3, -0.25) is 15.4 Å². The van der Waals surface area contributed by atoms with Crippen molar-refractivity contribution in [2.75, 3.05) is 13.1 Å². The summed E-state index contributed by atoms with van der Waals surface area (Å²) in [6.45, 7) is 1.74. The molecule has 1 N–H and O–H groups in total. The Morgan fingerprint density at radius 1 is 1.47 bits per heavy atom. The van der Waals surface area contributed by atoms with E-state index in [1.807, 2.05) is 17.0 Å². The number of amidine groups is 2. The van der Waals surface area contributed by atoms with Crippen LogP contribution in [0.15, 0.2) is 28.2 Å². The Hall–Kier alpha value is -1.36. The molecule has 4 nitrogen and oxygen atoms in total. The number of hydrogen-bond acceptors (Lipinski definition) is 4. The van der Waals surface area contributed by atoms with Crippen LogP contribution in [-0.2, 0) is 0 Å². The molecule has 0 aromatic carbocycles. The quantitative estimate of drug-likeness (QED) is 0.719. The van der Waals surface area contributed by atoms with Crippen LogP contribution >= 0.6 is 11.8 Å². The first-order valence-electron chi connectivity index (χ1n) is 4.90. The molecule has 15 heavy (non-hydrogen) atoms. The van der Waals surface area contributed by atoms with E-state index >= 15 is 0 Å². The van der Waals surface area contributed by atoms with Crippen molar-refractivity contribution in [3.63, 3.8) is 0 Å². The average Bonchev–Trinajstić information content (AvgIpc) is 2.30. The fraction of sp³-hybridized carbons (Fsp3) is 0.300. The van der Waals surface area contributed by atoms with Crippen molar-refractivity contribution in [1.29, 1.82) is 5.41 Å². The number of fused-ring (bicyclic) bond motifs is 3. The number of pyridine rings is 1. The van der Waals surface area contributed by atoms with E-state index in [1.54, 1.807) is 6.20 Å². The van der Waals surface area contributed by atoms with Gasteiger partial charge in [0.15, 0.2) is 11.0 Å². The van der Waals surface area contributed by atoms with Gasteiger partial charge >= 0.3 is 0 Å². The van der Waals surface area contributed by atoms with Crippen LogP contribution in [0.1, 0.15) is 12.1 Å². The highest BCUT2D eigenvalue weighted by Gasteiger charge is 2.29. The summed E-state index contributed by atoms with van der Waals surface area (Å²) in [6.07, 6.45) is 2.80. The molecule has 1 aromatic heterocycles. The Morgan fingerprint density at radius 3 is 3.33 bits per heavy atom. The molecule has 0 amide bonds. The number of nitrogens with one attached hydrogen (secondary N) is 1. The zero-order valence-corrected chi connectivity index (χ0v) is 8.92. The van der Waals surface area contributed by atoms with Gasteiger partial charge in [0, 0.05) is 24.2 Å². The van der Waals surface area contributed by atoms with E-state index in [0.29, 0.717) is 5.17 Å². The molecule has 0 spiro atoms. The summed E-state index contributed by atoms with van der Waals surface area (Å²) in [7, 11) is 0.